The molecule has 0 saturated heterocycles. The number of rotatable bonds is 5. The zero-order chi connectivity index (χ0) is 16.9. The number of ether oxygens (including phenoxy) is 1. The maximum atomic E-state index is 11.5. The Balaban J connectivity index is 3.62. The quantitative estimate of drug-likeness (QED) is 0.534. The zero-order valence-corrected chi connectivity index (χ0v) is 17.1. The van der Waals surface area contributed by atoms with Crippen LogP contribution in [0.4, 0.5) is 0 Å². The normalized spacial score (nSPS) is 10.6. The fraction of sp³-hybridized carbons (Fsp3) is 0.308. The van der Waals surface area contributed by atoms with Gasteiger partial charge in [-0.3, -0.25) is 0 Å². The van der Waals surface area contributed by atoms with E-state index in [9.17, 15) is 14.4 Å². The van der Waals surface area contributed by atoms with Crippen molar-refractivity contribution in [2.75, 3.05) is 7.11 Å². The van der Waals surface area contributed by atoms with Crippen LogP contribution in [0.2, 0.25) is 5.02 Å². The van der Waals surface area contributed by atoms with Crippen LogP contribution in [-0.4, -0.2) is 47.5 Å². The first-order chi connectivity index (χ1) is 10.2. The molecule has 0 aliphatic carbocycles. The van der Waals surface area contributed by atoms with Crippen molar-refractivity contribution in [1.82, 2.24) is 0 Å². The van der Waals surface area contributed by atoms with Crippen LogP contribution in [0.3, 0.4) is 0 Å². The average Bonchev–Trinajstić information content (AvgIpc) is 2.35. The van der Waals surface area contributed by atoms with E-state index in [1.54, 1.807) is 6.07 Å². The third-order valence-electron chi connectivity index (χ3n) is 2.34. The van der Waals surface area contributed by atoms with Gasteiger partial charge >= 0.3 is 139 Å². The van der Waals surface area contributed by atoms with E-state index < -0.39 is 40.4 Å². The van der Waals surface area contributed by atoms with Crippen LogP contribution in [0.1, 0.15) is 20.8 Å². The Morgan fingerprint density at radius 3 is 1.77 bits per heavy atom. The Labute approximate surface area is 139 Å². The SMILES string of the molecule is COc1cccc(Cl)[c]1[Pb]([O]C(C)=O)([O]C(C)=O)[O]C(C)=O. The Morgan fingerprint density at radius 2 is 1.41 bits per heavy atom. The van der Waals surface area contributed by atoms with Crippen molar-refractivity contribution < 1.29 is 27.2 Å². The van der Waals surface area contributed by atoms with Crippen LogP contribution in [0.5, 0.6) is 5.75 Å². The van der Waals surface area contributed by atoms with Gasteiger partial charge in [-0.1, -0.05) is 0 Å². The van der Waals surface area contributed by atoms with Crippen molar-refractivity contribution in [1.29, 1.82) is 0 Å². The van der Waals surface area contributed by atoms with Gasteiger partial charge in [0.25, 0.3) is 0 Å². The first-order valence-corrected chi connectivity index (χ1v) is 13.2. The predicted molar refractivity (Wildman–Crippen MR) is 78.7 cm³/mol. The van der Waals surface area contributed by atoms with E-state index in [4.69, 9.17) is 24.4 Å². The van der Waals surface area contributed by atoms with E-state index >= 15 is 0 Å². The minimum atomic E-state index is -5.36. The maximum absolute atomic E-state index is 11.5. The summed E-state index contributed by atoms with van der Waals surface area (Å²) in [4.78, 5) is 34.4. The van der Waals surface area contributed by atoms with Gasteiger partial charge in [0, 0.05) is 0 Å². The van der Waals surface area contributed by atoms with E-state index in [0.717, 1.165) is 20.8 Å². The topological polar surface area (TPSA) is 88.1 Å². The van der Waals surface area contributed by atoms with E-state index in [2.05, 4.69) is 0 Å². The van der Waals surface area contributed by atoms with Crippen LogP contribution in [0.15, 0.2) is 18.2 Å². The predicted octanol–water partition coefficient (Wildman–Crippen LogP) is 1.18. The molecule has 120 valence electrons. The zero-order valence-electron chi connectivity index (χ0n) is 12.5. The molecule has 9 heteroatoms. The van der Waals surface area contributed by atoms with E-state index in [0.29, 0.717) is 0 Å². The van der Waals surface area contributed by atoms with Gasteiger partial charge in [-0.2, -0.15) is 0 Å². The molecule has 1 aromatic carbocycles. The second kappa shape index (κ2) is 7.77. The van der Waals surface area contributed by atoms with Gasteiger partial charge < -0.3 is 0 Å². The third kappa shape index (κ3) is 4.57. The molecule has 1 rings (SSSR count). The summed E-state index contributed by atoms with van der Waals surface area (Å²) in [5.41, 5.74) is 0. The second-order valence-corrected chi connectivity index (χ2v) is 13.2. The van der Waals surface area contributed by atoms with Crippen molar-refractivity contribution in [2.45, 2.75) is 20.8 Å². The molecule has 7 nitrogen and oxygen atoms in total. The number of hydrogen-bond acceptors (Lipinski definition) is 7. The van der Waals surface area contributed by atoms with Gasteiger partial charge in [0.2, 0.25) is 0 Å². The molecular weight excluding hydrogens is 511 g/mol. The molecule has 0 aromatic heterocycles. The molecule has 0 N–H and O–H groups in total. The molecule has 0 aliphatic heterocycles. The molecule has 0 aliphatic rings. The molecule has 0 saturated carbocycles. The summed E-state index contributed by atoms with van der Waals surface area (Å²) in [5, 5.41) is 0.116. The molecule has 1 aromatic rings. The standard InChI is InChI=1S/C7H6ClO.3C2H4O2.Pb/c1-9-7-4-2-3-6(8)5-7;3*1-2(3)4;/h2-4H,1H3;3*1H3,(H,3,4);/q;;;;+3/p-3. The third-order valence-corrected chi connectivity index (χ3v) is 14.1. The van der Waals surface area contributed by atoms with Crippen molar-refractivity contribution in [3.63, 3.8) is 0 Å². The molecule has 0 unspecified atom stereocenters. The number of halogens is 1. The van der Waals surface area contributed by atoms with E-state index in [1.807, 2.05) is 0 Å². The van der Waals surface area contributed by atoms with Crippen molar-refractivity contribution in [3.05, 3.63) is 23.2 Å². The van der Waals surface area contributed by atoms with E-state index in [1.165, 1.54) is 19.2 Å². The summed E-state index contributed by atoms with van der Waals surface area (Å²) in [6.07, 6.45) is 0. The van der Waals surface area contributed by atoms with Gasteiger partial charge in [-0.25, -0.2) is 0 Å². The van der Waals surface area contributed by atoms with Crippen molar-refractivity contribution in [2.24, 2.45) is 0 Å². The van der Waals surface area contributed by atoms with Crippen LogP contribution in [0.25, 0.3) is 0 Å². The average molecular weight is 526 g/mol. The summed E-state index contributed by atoms with van der Waals surface area (Å²) in [5.74, 6) is -2.07. The van der Waals surface area contributed by atoms with Crippen LogP contribution < -0.4 is 7.86 Å². The Kier molecular flexibility index (Phi) is 6.60. The van der Waals surface area contributed by atoms with Crippen LogP contribution in [0, 0.1) is 0 Å². The number of hydrogen-bond donors (Lipinski definition) is 0. The number of carbonyl (C=O) groups is 3. The Morgan fingerprint density at radius 1 is 0.955 bits per heavy atom. The van der Waals surface area contributed by atoms with Crippen LogP contribution in [-0.2, 0) is 22.4 Å². The molecule has 0 radical (unpaired) electrons. The van der Waals surface area contributed by atoms with Crippen molar-refractivity contribution >= 4 is 55.2 Å². The molecule has 0 fully saturated rings. The Hall–Kier alpha value is -1.36. The fourth-order valence-electron chi connectivity index (χ4n) is 1.75. The van der Waals surface area contributed by atoms with Gasteiger partial charge in [0.1, 0.15) is 0 Å². The molecule has 0 bridgehead atoms. The molecule has 0 amide bonds. The van der Waals surface area contributed by atoms with Crippen molar-refractivity contribution in [3.8, 4) is 5.75 Å². The molecular formula is C13H15ClO7Pb. The minimum absolute atomic E-state index is 0.111. The summed E-state index contributed by atoms with van der Waals surface area (Å²) >= 11 is 0.781. The number of carbonyl (C=O) groups excluding carboxylic acids is 3. The fourth-order valence-corrected chi connectivity index (χ4v) is 12.4. The van der Waals surface area contributed by atoms with E-state index in [-0.39, 0.29) is 13.9 Å². The number of methoxy groups -OCH3 is 1. The summed E-state index contributed by atoms with van der Waals surface area (Å²) in [7, 11) is 1.36. The second-order valence-electron chi connectivity index (χ2n) is 4.15. The Bertz CT molecular complexity index is 561. The molecule has 0 heterocycles. The first kappa shape index (κ1) is 18.7. The van der Waals surface area contributed by atoms with Gasteiger partial charge in [0.05, 0.1) is 0 Å². The molecule has 22 heavy (non-hydrogen) atoms. The van der Waals surface area contributed by atoms with Gasteiger partial charge in [0.15, 0.2) is 0 Å². The van der Waals surface area contributed by atoms with Gasteiger partial charge in [-0.05, 0) is 0 Å². The summed E-state index contributed by atoms with van der Waals surface area (Å²) in [6.45, 7) is 3.35. The monoisotopic (exact) mass is 526 g/mol. The molecule has 0 spiro atoms. The number of benzene rings is 1. The van der Waals surface area contributed by atoms with Gasteiger partial charge in [-0.15, -0.1) is 0 Å². The summed E-state index contributed by atoms with van der Waals surface area (Å²) in [6, 6.07) is 4.62. The van der Waals surface area contributed by atoms with Crippen LogP contribution >= 0.6 is 11.6 Å². The first-order valence-electron chi connectivity index (χ1n) is 6.13. The summed E-state index contributed by atoms with van der Waals surface area (Å²) < 4.78 is 20.9. The molecule has 0 atom stereocenters.